The number of anilines is 1. The lowest BCUT2D eigenvalue weighted by molar-refractivity contribution is 0.413. The van der Waals surface area contributed by atoms with Crippen LogP contribution in [0.3, 0.4) is 0 Å². The predicted molar refractivity (Wildman–Crippen MR) is 106 cm³/mol. The van der Waals surface area contributed by atoms with Gasteiger partial charge in [-0.3, -0.25) is 9.97 Å². The molecule has 1 unspecified atom stereocenters. The van der Waals surface area contributed by atoms with Gasteiger partial charge in [-0.1, -0.05) is 0 Å². The van der Waals surface area contributed by atoms with E-state index in [1.807, 2.05) is 24.8 Å². The molecule has 27 heavy (non-hydrogen) atoms. The molecule has 140 valence electrons. The van der Waals surface area contributed by atoms with Gasteiger partial charge in [0.1, 0.15) is 5.75 Å². The average Bonchev–Trinajstić information content (AvgIpc) is 3.24. The van der Waals surface area contributed by atoms with E-state index in [4.69, 9.17) is 9.72 Å². The summed E-state index contributed by atoms with van der Waals surface area (Å²) < 4.78 is 7.33. The predicted octanol–water partition coefficient (Wildman–Crippen LogP) is 3.95. The lowest BCUT2D eigenvalue weighted by Crippen LogP contribution is -2.29. The van der Waals surface area contributed by atoms with Gasteiger partial charge in [0.15, 0.2) is 0 Å². The van der Waals surface area contributed by atoms with Crippen molar-refractivity contribution in [1.29, 1.82) is 0 Å². The van der Waals surface area contributed by atoms with E-state index in [2.05, 4.69) is 38.5 Å². The lowest BCUT2D eigenvalue weighted by atomic mass is 10.1. The van der Waals surface area contributed by atoms with Crippen LogP contribution in [0.15, 0.2) is 49.3 Å². The number of nitrogens with zero attached hydrogens (tertiary/aromatic N) is 5. The van der Waals surface area contributed by atoms with E-state index in [9.17, 15) is 0 Å². The zero-order chi connectivity index (χ0) is 18.6. The van der Waals surface area contributed by atoms with Gasteiger partial charge in [0.2, 0.25) is 0 Å². The van der Waals surface area contributed by atoms with Crippen LogP contribution in [0, 0.1) is 0 Å². The second-order valence-corrected chi connectivity index (χ2v) is 6.98. The van der Waals surface area contributed by atoms with E-state index in [1.54, 1.807) is 19.5 Å². The molecule has 4 heterocycles. The van der Waals surface area contributed by atoms with Crippen LogP contribution >= 0.6 is 0 Å². The molecular formula is C21H25N5O. The van der Waals surface area contributed by atoms with Gasteiger partial charge in [-0.05, 0) is 44.4 Å². The normalized spacial score (nSPS) is 15.6. The fourth-order valence-electron chi connectivity index (χ4n) is 3.50. The van der Waals surface area contributed by atoms with Gasteiger partial charge in [-0.15, -0.1) is 0 Å². The minimum Gasteiger partial charge on any atom is -0.495 e. The number of aromatic nitrogens is 4. The molecule has 0 aliphatic carbocycles. The Bertz CT molecular complexity index is 884. The van der Waals surface area contributed by atoms with Crippen molar-refractivity contribution in [3.63, 3.8) is 0 Å². The molecule has 0 amide bonds. The highest BCUT2D eigenvalue weighted by Gasteiger charge is 2.14. The maximum atomic E-state index is 5.25. The van der Waals surface area contributed by atoms with Crippen LogP contribution in [0.4, 0.5) is 5.69 Å². The van der Waals surface area contributed by atoms with Crippen molar-refractivity contribution in [1.82, 2.24) is 19.5 Å². The van der Waals surface area contributed by atoms with Gasteiger partial charge < -0.3 is 14.2 Å². The molecule has 4 rings (SSSR count). The summed E-state index contributed by atoms with van der Waals surface area (Å²) in [6.07, 6.45) is 13.2. The van der Waals surface area contributed by atoms with Crippen LogP contribution < -0.4 is 9.64 Å². The van der Waals surface area contributed by atoms with E-state index in [0.29, 0.717) is 0 Å². The summed E-state index contributed by atoms with van der Waals surface area (Å²) in [6.45, 7) is 4.41. The van der Waals surface area contributed by atoms with Gasteiger partial charge in [0, 0.05) is 31.0 Å². The van der Waals surface area contributed by atoms with Crippen molar-refractivity contribution in [2.45, 2.75) is 32.2 Å². The van der Waals surface area contributed by atoms with Gasteiger partial charge in [0.05, 0.1) is 48.9 Å². The third-order valence-electron chi connectivity index (χ3n) is 5.21. The maximum Gasteiger partial charge on any atom is 0.137 e. The highest BCUT2D eigenvalue weighted by Crippen LogP contribution is 2.25. The first-order chi connectivity index (χ1) is 13.2. The molecule has 0 spiro atoms. The Balaban J connectivity index is 1.51. The molecule has 0 bridgehead atoms. The van der Waals surface area contributed by atoms with Crippen molar-refractivity contribution in [3.8, 4) is 17.0 Å². The molecule has 0 radical (unpaired) electrons. The summed E-state index contributed by atoms with van der Waals surface area (Å²) in [6, 6.07) is 6.37. The van der Waals surface area contributed by atoms with Crippen molar-refractivity contribution < 1.29 is 4.74 Å². The lowest BCUT2D eigenvalue weighted by Gasteiger charge is -2.28. The first-order valence-electron chi connectivity index (χ1n) is 9.48. The van der Waals surface area contributed by atoms with Gasteiger partial charge in [-0.25, -0.2) is 4.98 Å². The number of imidazole rings is 1. The van der Waals surface area contributed by atoms with Crippen LogP contribution in [-0.4, -0.2) is 39.7 Å². The fraction of sp³-hybridized carbons (Fsp3) is 0.381. The Kier molecular flexibility index (Phi) is 5.05. The summed E-state index contributed by atoms with van der Waals surface area (Å²) in [7, 11) is 1.64. The van der Waals surface area contributed by atoms with Crippen molar-refractivity contribution in [3.05, 3.63) is 55.0 Å². The first kappa shape index (κ1) is 17.5. The summed E-state index contributed by atoms with van der Waals surface area (Å²) >= 11 is 0. The highest BCUT2D eigenvalue weighted by molar-refractivity contribution is 5.58. The van der Waals surface area contributed by atoms with Crippen LogP contribution in [0.25, 0.3) is 11.3 Å². The number of rotatable bonds is 5. The van der Waals surface area contributed by atoms with Crippen molar-refractivity contribution >= 4 is 5.69 Å². The van der Waals surface area contributed by atoms with Crippen molar-refractivity contribution in [2.24, 2.45) is 0 Å². The summed E-state index contributed by atoms with van der Waals surface area (Å²) in [5.74, 6) is 0.727. The molecule has 1 aliphatic rings. The molecule has 0 N–H and O–H groups in total. The monoisotopic (exact) mass is 363 g/mol. The zero-order valence-corrected chi connectivity index (χ0v) is 15.9. The molecule has 6 heteroatoms. The zero-order valence-electron chi connectivity index (χ0n) is 15.9. The number of hydrogen-bond acceptors (Lipinski definition) is 5. The largest absolute Gasteiger partial charge is 0.495 e. The number of ether oxygens (including phenoxy) is 1. The van der Waals surface area contributed by atoms with E-state index in [-0.39, 0.29) is 6.04 Å². The number of methoxy groups -OCH3 is 1. The fourth-order valence-corrected chi connectivity index (χ4v) is 3.50. The van der Waals surface area contributed by atoms with Gasteiger partial charge in [-0.2, -0.15) is 0 Å². The molecule has 1 fully saturated rings. The first-order valence-corrected chi connectivity index (χ1v) is 9.48. The van der Waals surface area contributed by atoms with E-state index >= 15 is 0 Å². The number of hydrogen-bond donors (Lipinski definition) is 0. The number of pyridine rings is 2. The average molecular weight is 363 g/mol. The van der Waals surface area contributed by atoms with E-state index in [0.717, 1.165) is 35.8 Å². The minimum absolute atomic E-state index is 0.111. The molecular weight excluding hydrogens is 338 g/mol. The van der Waals surface area contributed by atoms with Crippen LogP contribution in [0.1, 0.15) is 37.9 Å². The minimum atomic E-state index is 0.111. The molecule has 0 aromatic carbocycles. The quantitative estimate of drug-likeness (QED) is 0.687. The maximum absolute atomic E-state index is 5.25. The molecule has 0 saturated carbocycles. The summed E-state index contributed by atoms with van der Waals surface area (Å²) in [5, 5.41) is 0. The smallest absolute Gasteiger partial charge is 0.137 e. The van der Waals surface area contributed by atoms with E-state index < -0.39 is 0 Å². The van der Waals surface area contributed by atoms with Crippen LogP contribution in [0.5, 0.6) is 5.75 Å². The summed E-state index contributed by atoms with van der Waals surface area (Å²) in [4.78, 5) is 15.9. The third-order valence-corrected chi connectivity index (χ3v) is 5.21. The molecule has 1 atom stereocenters. The topological polar surface area (TPSA) is 56.1 Å². The molecule has 1 saturated heterocycles. The summed E-state index contributed by atoms with van der Waals surface area (Å²) in [5.41, 5.74) is 4.06. The Morgan fingerprint density at radius 3 is 2.63 bits per heavy atom. The Hall–Kier alpha value is -2.89. The standard InChI is InChI=1S/C21H25N5O/c1-16(20-7-6-18(12-23-20)25-8-4-3-5-9-25)26-14-21(24-15-26)17-10-19(27-2)13-22-11-17/h6-7,10-16H,3-5,8-9H2,1-2H3. The Morgan fingerprint density at radius 1 is 1.04 bits per heavy atom. The van der Waals surface area contributed by atoms with Gasteiger partial charge in [0.25, 0.3) is 0 Å². The SMILES string of the molecule is COc1cncc(-c2cn(C(C)c3ccc(N4CCCCC4)cn3)cn2)c1. The highest BCUT2D eigenvalue weighted by atomic mass is 16.5. The van der Waals surface area contributed by atoms with Crippen LogP contribution in [-0.2, 0) is 0 Å². The third kappa shape index (κ3) is 3.79. The Morgan fingerprint density at radius 2 is 1.89 bits per heavy atom. The molecule has 1 aliphatic heterocycles. The van der Waals surface area contributed by atoms with E-state index in [1.165, 1.54) is 24.9 Å². The second kappa shape index (κ2) is 7.78. The number of piperidine rings is 1. The molecule has 6 nitrogen and oxygen atoms in total. The molecule has 3 aromatic heterocycles. The second-order valence-electron chi connectivity index (χ2n) is 6.98. The van der Waals surface area contributed by atoms with Crippen molar-refractivity contribution in [2.75, 3.05) is 25.1 Å². The van der Waals surface area contributed by atoms with Crippen LogP contribution in [0.2, 0.25) is 0 Å². The van der Waals surface area contributed by atoms with Gasteiger partial charge >= 0.3 is 0 Å². The Labute approximate surface area is 159 Å². The molecule has 3 aromatic rings.